The van der Waals surface area contributed by atoms with E-state index in [1.165, 1.54) is 11.8 Å². The number of thiophene rings is 2. The zero-order valence-corrected chi connectivity index (χ0v) is 20.5. The van der Waals surface area contributed by atoms with Crippen LogP contribution < -0.4 is 4.74 Å². The van der Waals surface area contributed by atoms with Crippen molar-refractivity contribution in [1.29, 1.82) is 0 Å². The quantitative estimate of drug-likeness (QED) is 0.334. The minimum Gasteiger partial charge on any atom is -0.497 e. The smallest absolute Gasteiger partial charge is 0.253 e. The molecule has 3 aromatic heterocycles. The van der Waals surface area contributed by atoms with Crippen molar-refractivity contribution in [2.45, 2.75) is 17.6 Å². The fourth-order valence-corrected chi connectivity index (χ4v) is 5.96. The molecule has 0 N–H and O–H groups in total. The molecule has 7 nitrogen and oxygen atoms in total. The topological polar surface area (TPSA) is 72.6 Å². The van der Waals surface area contributed by atoms with Crippen molar-refractivity contribution in [2.24, 2.45) is 12.1 Å². The standard InChI is InChI=1S/C23H21N5O2S3/c1-27-22(15-7-9-16(30-2)10-8-15)24-25-23(27)33-14-21(29)28-18(20-6-4-12-32-20)13-17(26-28)19-5-3-11-31-19/h3-12,18H,13-14H2,1-2H3. The van der Waals surface area contributed by atoms with Crippen LogP contribution in [0, 0.1) is 0 Å². The van der Waals surface area contributed by atoms with Gasteiger partial charge >= 0.3 is 0 Å². The molecule has 0 saturated carbocycles. The zero-order valence-electron chi connectivity index (χ0n) is 18.0. The van der Waals surface area contributed by atoms with Crippen LogP contribution in [0.4, 0.5) is 0 Å². The fraction of sp³-hybridized carbons (Fsp3) is 0.217. The van der Waals surface area contributed by atoms with Gasteiger partial charge in [-0.1, -0.05) is 23.9 Å². The van der Waals surface area contributed by atoms with Crippen molar-refractivity contribution in [2.75, 3.05) is 12.9 Å². The third-order valence-electron chi connectivity index (χ3n) is 5.35. The summed E-state index contributed by atoms with van der Waals surface area (Å²) in [5, 5.41) is 19.7. The summed E-state index contributed by atoms with van der Waals surface area (Å²) in [6.07, 6.45) is 0.725. The molecule has 33 heavy (non-hydrogen) atoms. The van der Waals surface area contributed by atoms with E-state index in [4.69, 9.17) is 9.84 Å². The van der Waals surface area contributed by atoms with Gasteiger partial charge in [0, 0.05) is 23.9 Å². The van der Waals surface area contributed by atoms with Crippen molar-refractivity contribution in [3.63, 3.8) is 0 Å². The molecule has 10 heteroatoms. The van der Waals surface area contributed by atoms with Gasteiger partial charge < -0.3 is 9.30 Å². The van der Waals surface area contributed by atoms with E-state index in [1.807, 2.05) is 58.8 Å². The predicted molar refractivity (Wildman–Crippen MR) is 133 cm³/mol. The second-order valence-corrected chi connectivity index (χ2v) is 10.2. The number of ether oxygens (including phenoxy) is 1. The summed E-state index contributed by atoms with van der Waals surface area (Å²) in [6.45, 7) is 0. The predicted octanol–water partition coefficient (Wildman–Crippen LogP) is 5.08. The Morgan fingerprint density at radius 2 is 1.91 bits per heavy atom. The Morgan fingerprint density at radius 3 is 2.61 bits per heavy atom. The lowest BCUT2D eigenvalue weighted by atomic mass is 10.1. The average Bonchev–Trinajstić information content (AvgIpc) is 3.64. The SMILES string of the molecule is COc1ccc(-c2nnc(SCC(=O)N3N=C(c4cccs4)CC3c3cccs3)n2C)cc1. The summed E-state index contributed by atoms with van der Waals surface area (Å²) >= 11 is 4.68. The maximum atomic E-state index is 13.2. The maximum Gasteiger partial charge on any atom is 0.253 e. The van der Waals surface area contributed by atoms with Crippen LogP contribution in [-0.4, -0.2) is 44.3 Å². The number of rotatable bonds is 7. The number of nitrogens with zero attached hydrogens (tertiary/aromatic N) is 5. The molecule has 1 amide bonds. The third kappa shape index (κ3) is 4.46. The fourth-order valence-electron chi connectivity index (χ4n) is 3.66. The van der Waals surface area contributed by atoms with E-state index in [9.17, 15) is 4.79 Å². The minimum absolute atomic E-state index is 0.0426. The first kappa shape index (κ1) is 21.9. The maximum absolute atomic E-state index is 13.2. The van der Waals surface area contributed by atoms with Crippen molar-refractivity contribution in [1.82, 2.24) is 19.8 Å². The molecule has 5 rings (SSSR count). The first-order valence-electron chi connectivity index (χ1n) is 10.3. The Kier molecular flexibility index (Phi) is 6.30. The van der Waals surface area contributed by atoms with Gasteiger partial charge in [-0.3, -0.25) is 4.79 Å². The number of hydrogen-bond acceptors (Lipinski definition) is 8. The van der Waals surface area contributed by atoms with Gasteiger partial charge in [0.25, 0.3) is 5.91 Å². The lowest BCUT2D eigenvalue weighted by molar-refractivity contribution is -0.130. The lowest BCUT2D eigenvalue weighted by Gasteiger charge is -2.20. The summed E-state index contributed by atoms with van der Waals surface area (Å²) in [6, 6.07) is 15.8. The monoisotopic (exact) mass is 495 g/mol. The molecule has 0 bridgehead atoms. The highest BCUT2D eigenvalue weighted by Crippen LogP contribution is 2.36. The van der Waals surface area contributed by atoms with Gasteiger partial charge in [-0.15, -0.1) is 32.9 Å². The largest absolute Gasteiger partial charge is 0.497 e. The Bertz CT molecular complexity index is 1260. The van der Waals surface area contributed by atoms with E-state index in [1.54, 1.807) is 34.8 Å². The minimum atomic E-state index is -0.0652. The van der Waals surface area contributed by atoms with Crippen LogP contribution in [0.5, 0.6) is 5.75 Å². The number of carbonyl (C=O) groups excluding carboxylic acids is 1. The van der Waals surface area contributed by atoms with E-state index < -0.39 is 0 Å². The van der Waals surface area contributed by atoms with Crippen molar-refractivity contribution < 1.29 is 9.53 Å². The molecular weight excluding hydrogens is 474 g/mol. The number of carbonyl (C=O) groups is 1. The van der Waals surface area contributed by atoms with Crippen LogP contribution in [0.2, 0.25) is 0 Å². The molecule has 1 aliphatic rings. The number of hydrogen-bond donors (Lipinski definition) is 0. The van der Waals surface area contributed by atoms with Crippen molar-refractivity contribution in [3.8, 4) is 17.1 Å². The molecule has 0 radical (unpaired) electrons. The van der Waals surface area contributed by atoms with Crippen LogP contribution in [0.15, 0.2) is 69.5 Å². The highest BCUT2D eigenvalue weighted by Gasteiger charge is 2.34. The van der Waals surface area contributed by atoms with Crippen LogP contribution >= 0.6 is 34.4 Å². The van der Waals surface area contributed by atoms with E-state index in [2.05, 4.69) is 22.3 Å². The van der Waals surface area contributed by atoms with Gasteiger partial charge in [-0.2, -0.15) is 5.10 Å². The summed E-state index contributed by atoms with van der Waals surface area (Å²) in [5.74, 6) is 1.72. The van der Waals surface area contributed by atoms with Gasteiger partial charge in [0.1, 0.15) is 5.75 Å². The van der Waals surface area contributed by atoms with Crippen molar-refractivity contribution >= 4 is 46.1 Å². The highest BCUT2D eigenvalue weighted by atomic mass is 32.2. The Hall–Kier alpha value is -2.95. The molecular formula is C23H21N5O2S3. The number of benzene rings is 1. The average molecular weight is 496 g/mol. The molecule has 0 saturated heterocycles. The van der Waals surface area contributed by atoms with Gasteiger partial charge in [0.05, 0.1) is 29.5 Å². The Morgan fingerprint density at radius 1 is 1.12 bits per heavy atom. The first-order valence-corrected chi connectivity index (χ1v) is 13.0. The van der Waals surface area contributed by atoms with Crippen molar-refractivity contribution in [3.05, 3.63) is 69.0 Å². The molecule has 4 aromatic rings. The molecule has 1 aliphatic heterocycles. The lowest BCUT2D eigenvalue weighted by Crippen LogP contribution is -2.28. The molecule has 168 valence electrons. The molecule has 1 atom stereocenters. The molecule has 1 unspecified atom stereocenters. The Labute approximate surface area is 203 Å². The Balaban J connectivity index is 1.32. The number of thioether (sulfide) groups is 1. The van der Waals surface area contributed by atoms with Crippen LogP contribution in [-0.2, 0) is 11.8 Å². The second-order valence-electron chi connectivity index (χ2n) is 7.38. The summed E-state index contributed by atoms with van der Waals surface area (Å²) < 4.78 is 7.13. The number of aromatic nitrogens is 3. The summed E-state index contributed by atoms with van der Waals surface area (Å²) in [5.41, 5.74) is 1.90. The first-order chi connectivity index (χ1) is 16.1. The van der Waals surface area contributed by atoms with Gasteiger partial charge in [-0.25, -0.2) is 5.01 Å². The van der Waals surface area contributed by atoms with Crippen LogP contribution in [0.3, 0.4) is 0 Å². The van der Waals surface area contributed by atoms with Gasteiger partial charge in [0.15, 0.2) is 11.0 Å². The molecule has 0 spiro atoms. The van der Waals surface area contributed by atoms with E-state index in [0.29, 0.717) is 5.16 Å². The second kappa shape index (κ2) is 9.50. The number of methoxy groups -OCH3 is 1. The summed E-state index contributed by atoms with van der Waals surface area (Å²) in [7, 11) is 3.55. The van der Waals surface area contributed by atoms with E-state index in [0.717, 1.165) is 39.0 Å². The van der Waals surface area contributed by atoms with Gasteiger partial charge in [-0.05, 0) is 47.2 Å². The number of hydrazone groups is 1. The molecule has 0 fully saturated rings. The number of amides is 1. The highest BCUT2D eigenvalue weighted by molar-refractivity contribution is 7.99. The summed E-state index contributed by atoms with van der Waals surface area (Å²) in [4.78, 5) is 15.5. The van der Waals surface area contributed by atoms with E-state index in [-0.39, 0.29) is 17.7 Å². The third-order valence-corrected chi connectivity index (χ3v) is 8.25. The molecule has 1 aromatic carbocycles. The van der Waals surface area contributed by atoms with Gasteiger partial charge in [0.2, 0.25) is 0 Å². The normalized spacial score (nSPS) is 15.6. The van der Waals surface area contributed by atoms with Crippen LogP contribution in [0.1, 0.15) is 22.2 Å². The molecule has 4 heterocycles. The zero-order chi connectivity index (χ0) is 22.8. The van der Waals surface area contributed by atoms with Crippen LogP contribution in [0.25, 0.3) is 11.4 Å². The molecule has 0 aliphatic carbocycles. The van der Waals surface area contributed by atoms with E-state index >= 15 is 0 Å².